The molecule has 0 atom stereocenters. The van der Waals surface area contributed by atoms with Crippen molar-refractivity contribution in [2.75, 3.05) is 4.72 Å². The fourth-order valence-corrected chi connectivity index (χ4v) is 3.46. The molecule has 2 N–H and O–H groups in total. The number of rotatable bonds is 6. The number of carbonyl (C=O) groups is 1. The molecule has 7 heteroatoms. The summed E-state index contributed by atoms with van der Waals surface area (Å²) >= 11 is 5.80. The number of nitrogens with one attached hydrogen (secondary N) is 2. The zero-order valence-electron chi connectivity index (χ0n) is 13.4. The number of anilines is 1. The van der Waals surface area contributed by atoms with E-state index in [1.165, 1.54) is 0 Å². The fraction of sp³-hybridized carbons (Fsp3) is 0.235. The highest BCUT2D eigenvalue weighted by molar-refractivity contribution is 7.91. The summed E-state index contributed by atoms with van der Waals surface area (Å²) in [6, 6.07) is 13.0. The molecule has 0 spiro atoms. The van der Waals surface area contributed by atoms with Crippen LogP contribution in [0.4, 0.5) is 5.69 Å². The highest BCUT2D eigenvalue weighted by Gasteiger charge is 2.17. The van der Waals surface area contributed by atoms with Gasteiger partial charge in [0.05, 0.1) is 17.0 Å². The maximum Gasteiger partial charge on any atom is 0.253 e. The van der Waals surface area contributed by atoms with Crippen LogP contribution in [0.5, 0.6) is 0 Å². The lowest BCUT2D eigenvalue weighted by Gasteiger charge is -2.14. The minimum absolute atomic E-state index is 0.0452. The molecule has 2 aromatic carbocycles. The van der Waals surface area contributed by atoms with Gasteiger partial charge >= 0.3 is 0 Å². The van der Waals surface area contributed by atoms with Crippen LogP contribution in [0.15, 0.2) is 48.5 Å². The van der Waals surface area contributed by atoms with Crippen molar-refractivity contribution in [3.8, 4) is 0 Å². The van der Waals surface area contributed by atoms with Crippen LogP contribution in [0.25, 0.3) is 0 Å². The van der Waals surface area contributed by atoms with Gasteiger partial charge < -0.3 is 5.32 Å². The second-order valence-corrected chi connectivity index (χ2v) is 7.82. The molecular formula is C17H19ClN2O3S. The van der Waals surface area contributed by atoms with Crippen molar-refractivity contribution in [2.24, 2.45) is 0 Å². The topological polar surface area (TPSA) is 75.3 Å². The number of hydrogen-bond acceptors (Lipinski definition) is 3. The van der Waals surface area contributed by atoms with Gasteiger partial charge in [-0.2, -0.15) is 0 Å². The number of carbonyl (C=O) groups excluding carboxylic acids is 1. The summed E-state index contributed by atoms with van der Waals surface area (Å²) in [5.41, 5.74) is 1.14. The van der Waals surface area contributed by atoms with Crippen LogP contribution < -0.4 is 10.0 Å². The van der Waals surface area contributed by atoms with Crippen molar-refractivity contribution >= 4 is 33.2 Å². The minimum atomic E-state index is -3.66. The van der Waals surface area contributed by atoms with E-state index >= 15 is 0 Å². The maximum absolute atomic E-state index is 12.4. The molecule has 2 rings (SSSR count). The summed E-state index contributed by atoms with van der Waals surface area (Å²) in [4.78, 5) is 12.2. The van der Waals surface area contributed by atoms with Crippen LogP contribution in [0, 0.1) is 0 Å². The van der Waals surface area contributed by atoms with E-state index in [1.54, 1.807) is 48.5 Å². The van der Waals surface area contributed by atoms with Gasteiger partial charge in [-0.1, -0.05) is 35.9 Å². The Hall–Kier alpha value is -2.05. The Morgan fingerprint density at radius 2 is 1.71 bits per heavy atom. The second-order valence-electron chi connectivity index (χ2n) is 5.66. The van der Waals surface area contributed by atoms with Crippen molar-refractivity contribution in [3.05, 3.63) is 64.7 Å². The van der Waals surface area contributed by atoms with E-state index < -0.39 is 10.0 Å². The molecule has 0 aromatic heterocycles. The van der Waals surface area contributed by atoms with Crippen LogP contribution in [0.2, 0.25) is 5.02 Å². The molecule has 128 valence electrons. The van der Waals surface area contributed by atoms with Gasteiger partial charge in [0.15, 0.2) is 0 Å². The van der Waals surface area contributed by atoms with Crippen LogP contribution in [-0.4, -0.2) is 20.4 Å². The maximum atomic E-state index is 12.4. The molecule has 0 aliphatic rings. The first-order chi connectivity index (χ1) is 11.3. The van der Waals surface area contributed by atoms with Gasteiger partial charge in [-0.25, -0.2) is 8.42 Å². The molecule has 5 nitrogen and oxygen atoms in total. The highest BCUT2D eigenvalue weighted by Crippen LogP contribution is 2.19. The third-order valence-corrected chi connectivity index (χ3v) is 4.62. The van der Waals surface area contributed by atoms with Crippen molar-refractivity contribution in [3.63, 3.8) is 0 Å². The quantitative estimate of drug-likeness (QED) is 0.822. The zero-order chi connectivity index (χ0) is 17.7. The Kier molecular flexibility index (Phi) is 5.85. The molecule has 0 saturated heterocycles. The molecule has 0 unspecified atom stereocenters. The first-order valence-electron chi connectivity index (χ1n) is 7.41. The normalized spacial score (nSPS) is 11.3. The summed E-state index contributed by atoms with van der Waals surface area (Å²) < 4.78 is 27.2. The van der Waals surface area contributed by atoms with E-state index in [0.717, 1.165) is 0 Å². The van der Waals surface area contributed by atoms with Crippen LogP contribution >= 0.6 is 11.6 Å². The predicted molar refractivity (Wildman–Crippen MR) is 96.7 cm³/mol. The van der Waals surface area contributed by atoms with Gasteiger partial charge in [0.25, 0.3) is 5.91 Å². The smallest absolute Gasteiger partial charge is 0.253 e. The summed E-state index contributed by atoms with van der Waals surface area (Å²) in [6.45, 7) is 3.68. The molecule has 0 fully saturated rings. The molecule has 0 aliphatic heterocycles. The molecule has 0 aliphatic carbocycles. The highest BCUT2D eigenvalue weighted by atomic mass is 35.5. The molecule has 0 heterocycles. The largest absolute Gasteiger partial charge is 0.350 e. The molecule has 24 heavy (non-hydrogen) atoms. The zero-order valence-corrected chi connectivity index (χ0v) is 15.0. The van der Waals surface area contributed by atoms with E-state index in [9.17, 15) is 13.2 Å². The van der Waals surface area contributed by atoms with Gasteiger partial charge in [0.2, 0.25) is 10.0 Å². The molecule has 0 radical (unpaired) electrons. The Morgan fingerprint density at radius 3 is 2.33 bits per heavy atom. The number of amides is 1. The first-order valence-corrected chi connectivity index (χ1v) is 9.45. The summed E-state index contributed by atoms with van der Waals surface area (Å²) in [7, 11) is -3.66. The van der Waals surface area contributed by atoms with Crippen molar-refractivity contribution < 1.29 is 13.2 Å². The van der Waals surface area contributed by atoms with Gasteiger partial charge in [-0.15, -0.1) is 0 Å². The number of halogens is 1. The van der Waals surface area contributed by atoms with E-state index in [2.05, 4.69) is 10.0 Å². The number of benzene rings is 2. The standard InChI is InChI=1S/C17H19ClN2O3S/c1-12(2)19-17(21)15-5-3-4-6-16(15)20-24(22,23)11-13-7-9-14(18)10-8-13/h3-10,12,20H,11H2,1-2H3,(H,19,21). The Bertz CT molecular complexity index is 818. The molecule has 2 aromatic rings. The fourth-order valence-electron chi connectivity index (χ4n) is 2.11. The molecule has 0 bridgehead atoms. The van der Waals surface area contributed by atoms with Crippen LogP contribution in [0.1, 0.15) is 29.8 Å². The van der Waals surface area contributed by atoms with Crippen molar-refractivity contribution in [1.29, 1.82) is 0 Å². The van der Waals surface area contributed by atoms with E-state index in [-0.39, 0.29) is 29.0 Å². The average molecular weight is 367 g/mol. The monoisotopic (exact) mass is 366 g/mol. The van der Waals surface area contributed by atoms with Gasteiger partial charge in [0, 0.05) is 11.1 Å². The Labute approximate surface area is 147 Å². The summed E-state index contributed by atoms with van der Waals surface area (Å²) in [5.74, 6) is -0.528. The third kappa shape index (κ3) is 5.25. The van der Waals surface area contributed by atoms with Crippen LogP contribution in [-0.2, 0) is 15.8 Å². The lowest BCUT2D eigenvalue weighted by atomic mass is 10.1. The Morgan fingerprint density at radius 1 is 1.08 bits per heavy atom. The number of hydrogen-bond donors (Lipinski definition) is 2. The van der Waals surface area contributed by atoms with Gasteiger partial charge in [-0.3, -0.25) is 9.52 Å². The third-order valence-electron chi connectivity index (χ3n) is 3.13. The average Bonchev–Trinajstić information content (AvgIpc) is 2.48. The number of para-hydroxylation sites is 1. The minimum Gasteiger partial charge on any atom is -0.350 e. The lowest BCUT2D eigenvalue weighted by Crippen LogP contribution is -2.31. The summed E-state index contributed by atoms with van der Waals surface area (Å²) in [6.07, 6.45) is 0. The Balaban J connectivity index is 2.20. The predicted octanol–water partition coefficient (Wildman–Crippen LogP) is 3.42. The van der Waals surface area contributed by atoms with Crippen LogP contribution in [0.3, 0.4) is 0 Å². The second kappa shape index (κ2) is 7.68. The first kappa shape index (κ1) is 18.3. The van der Waals surface area contributed by atoms with Gasteiger partial charge in [-0.05, 0) is 43.7 Å². The lowest BCUT2D eigenvalue weighted by molar-refractivity contribution is 0.0944. The van der Waals surface area contributed by atoms with Crippen molar-refractivity contribution in [1.82, 2.24) is 5.32 Å². The van der Waals surface area contributed by atoms with E-state index in [1.807, 2.05) is 13.8 Å². The molecular weight excluding hydrogens is 348 g/mol. The SMILES string of the molecule is CC(C)NC(=O)c1ccccc1NS(=O)(=O)Cc1ccc(Cl)cc1. The van der Waals surface area contributed by atoms with E-state index in [0.29, 0.717) is 10.6 Å². The van der Waals surface area contributed by atoms with Crippen molar-refractivity contribution in [2.45, 2.75) is 25.6 Å². The molecule has 0 saturated carbocycles. The molecule has 1 amide bonds. The summed E-state index contributed by atoms with van der Waals surface area (Å²) in [5, 5.41) is 3.29. The van der Waals surface area contributed by atoms with E-state index in [4.69, 9.17) is 11.6 Å². The van der Waals surface area contributed by atoms with Gasteiger partial charge in [0.1, 0.15) is 0 Å². The number of sulfonamides is 1.